The van der Waals surface area contributed by atoms with Crippen molar-refractivity contribution in [3.63, 3.8) is 0 Å². The predicted molar refractivity (Wildman–Crippen MR) is 72.9 cm³/mol. The van der Waals surface area contributed by atoms with Gasteiger partial charge in [0.25, 0.3) is 0 Å². The minimum Gasteiger partial charge on any atom is -0.305 e. The molecule has 0 aliphatic heterocycles. The summed E-state index contributed by atoms with van der Waals surface area (Å²) in [5.74, 6) is 0. The maximum Gasteiger partial charge on any atom is 0.0759 e. The zero-order chi connectivity index (χ0) is 12.3. The van der Waals surface area contributed by atoms with Gasteiger partial charge in [-0.25, -0.2) is 0 Å². The first-order chi connectivity index (χ1) is 8.24. The van der Waals surface area contributed by atoms with E-state index in [2.05, 4.69) is 51.5 Å². The number of benzene rings is 1. The van der Waals surface area contributed by atoms with Crippen molar-refractivity contribution in [1.29, 1.82) is 0 Å². The van der Waals surface area contributed by atoms with Crippen LogP contribution < -0.4 is 5.32 Å². The van der Waals surface area contributed by atoms with Crippen LogP contribution in [-0.2, 0) is 7.05 Å². The van der Waals surface area contributed by atoms with E-state index < -0.39 is 0 Å². The summed E-state index contributed by atoms with van der Waals surface area (Å²) in [5, 5.41) is 7.73. The van der Waals surface area contributed by atoms with Gasteiger partial charge in [-0.05, 0) is 24.2 Å². The van der Waals surface area contributed by atoms with Gasteiger partial charge < -0.3 is 5.32 Å². The first-order valence-corrected chi connectivity index (χ1v) is 6.49. The van der Waals surface area contributed by atoms with Crippen molar-refractivity contribution in [2.24, 2.45) is 7.05 Å². The van der Waals surface area contributed by atoms with Crippen LogP contribution in [0.5, 0.6) is 0 Å². The van der Waals surface area contributed by atoms with E-state index >= 15 is 0 Å². The highest BCUT2D eigenvalue weighted by Gasteiger charge is 2.17. The lowest BCUT2D eigenvalue weighted by molar-refractivity contribution is 0.571. The van der Waals surface area contributed by atoms with Crippen molar-refractivity contribution in [3.8, 4) is 0 Å². The third-order valence-corrected chi connectivity index (χ3v) is 3.50. The van der Waals surface area contributed by atoms with Crippen molar-refractivity contribution in [2.75, 3.05) is 6.54 Å². The maximum absolute atomic E-state index is 4.24. The summed E-state index contributed by atoms with van der Waals surface area (Å²) >= 11 is 3.61. The Morgan fingerprint density at radius 1 is 1.35 bits per heavy atom. The molecule has 0 radical (unpaired) electrons. The number of nitrogens with one attached hydrogen (secondary N) is 1. The first kappa shape index (κ1) is 12.3. The summed E-state index contributed by atoms with van der Waals surface area (Å²) in [6.45, 7) is 3.03. The molecule has 0 aliphatic rings. The number of hydrogen-bond donors (Lipinski definition) is 1. The Labute approximate surface area is 110 Å². The molecule has 1 heterocycles. The minimum atomic E-state index is 0.170. The van der Waals surface area contributed by atoms with E-state index in [1.165, 1.54) is 11.3 Å². The number of aromatic nitrogens is 2. The van der Waals surface area contributed by atoms with Gasteiger partial charge in [-0.3, -0.25) is 4.68 Å². The molecule has 4 heteroatoms. The van der Waals surface area contributed by atoms with Gasteiger partial charge in [-0.1, -0.05) is 41.1 Å². The monoisotopic (exact) mass is 293 g/mol. The van der Waals surface area contributed by atoms with Crippen LogP contribution in [0.25, 0.3) is 0 Å². The van der Waals surface area contributed by atoms with Gasteiger partial charge in [0.05, 0.1) is 11.7 Å². The van der Waals surface area contributed by atoms with Gasteiger partial charge in [-0.15, -0.1) is 0 Å². The molecule has 1 N–H and O–H groups in total. The van der Waals surface area contributed by atoms with Gasteiger partial charge >= 0.3 is 0 Å². The fraction of sp³-hybridized carbons (Fsp3) is 0.308. The van der Waals surface area contributed by atoms with Crippen molar-refractivity contribution in [2.45, 2.75) is 13.0 Å². The van der Waals surface area contributed by atoms with Gasteiger partial charge in [-0.2, -0.15) is 5.10 Å². The number of aryl methyl sites for hydroxylation is 1. The molecule has 0 amide bonds. The number of rotatable bonds is 4. The van der Waals surface area contributed by atoms with E-state index in [-0.39, 0.29) is 6.04 Å². The molecule has 0 saturated heterocycles. The fourth-order valence-electron chi connectivity index (χ4n) is 1.95. The molecule has 0 spiro atoms. The lowest BCUT2D eigenvalue weighted by Crippen LogP contribution is -2.24. The van der Waals surface area contributed by atoms with Crippen molar-refractivity contribution in [1.82, 2.24) is 15.1 Å². The smallest absolute Gasteiger partial charge is 0.0759 e. The molecule has 1 aromatic heterocycles. The molecule has 0 bridgehead atoms. The Morgan fingerprint density at radius 2 is 2.12 bits per heavy atom. The van der Waals surface area contributed by atoms with Crippen LogP contribution in [0.4, 0.5) is 0 Å². The van der Waals surface area contributed by atoms with Gasteiger partial charge in [0.2, 0.25) is 0 Å². The summed E-state index contributed by atoms with van der Waals surface area (Å²) in [7, 11) is 1.97. The molecule has 3 nitrogen and oxygen atoms in total. The van der Waals surface area contributed by atoms with Crippen LogP contribution in [0.15, 0.2) is 41.0 Å². The zero-order valence-electron chi connectivity index (χ0n) is 10.0. The van der Waals surface area contributed by atoms with Gasteiger partial charge in [0.15, 0.2) is 0 Å². The summed E-state index contributed by atoms with van der Waals surface area (Å²) in [6.07, 6.45) is 1.83. The third kappa shape index (κ3) is 2.58. The topological polar surface area (TPSA) is 29.9 Å². The molecule has 90 valence electrons. The first-order valence-electron chi connectivity index (χ1n) is 5.69. The molecule has 0 saturated carbocycles. The Balaban J connectivity index is 2.43. The zero-order valence-corrected chi connectivity index (χ0v) is 11.6. The third-order valence-electron chi connectivity index (χ3n) is 2.78. The molecule has 1 atom stereocenters. The van der Waals surface area contributed by atoms with Crippen LogP contribution in [0, 0.1) is 0 Å². The van der Waals surface area contributed by atoms with E-state index in [1.54, 1.807) is 0 Å². The Morgan fingerprint density at radius 3 is 2.71 bits per heavy atom. The standard InChI is InChI=1S/C13H16BrN3/c1-3-15-13(12-8-9-16-17(12)2)10-6-4-5-7-11(10)14/h4-9,13,15H,3H2,1-2H3. The molecule has 1 unspecified atom stereocenters. The second-order valence-corrected chi connectivity index (χ2v) is 4.75. The molecule has 0 aliphatic carbocycles. The number of halogens is 1. The highest BCUT2D eigenvalue weighted by Crippen LogP contribution is 2.27. The van der Waals surface area contributed by atoms with Crippen LogP contribution in [0.3, 0.4) is 0 Å². The molecule has 2 aromatic rings. The van der Waals surface area contributed by atoms with E-state index in [4.69, 9.17) is 0 Å². The Bertz CT molecular complexity index is 493. The van der Waals surface area contributed by atoms with Gasteiger partial charge in [0.1, 0.15) is 0 Å². The largest absolute Gasteiger partial charge is 0.305 e. The van der Waals surface area contributed by atoms with Crippen LogP contribution >= 0.6 is 15.9 Å². The molecule has 17 heavy (non-hydrogen) atoms. The Hall–Kier alpha value is -1.13. The van der Waals surface area contributed by atoms with Crippen molar-refractivity contribution in [3.05, 3.63) is 52.3 Å². The fourth-order valence-corrected chi connectivity index (χ4v) is 2.47. The van der Waals surface area contributed by atoms with E-state index in [0.717, 1.165) is 11.0 Å². The highest BCUT2D eigenvalue weighted by atomic mass is 79.9. The molecular weight excluding hydrogens is 278 g/mol. The molecular formula is C13H16BrN3. The summed E-state index contributed by atoms with van der Waals surface area (Å²) < 4.78 is 3.03. The summed E-state index contributed by atoms with van der Waals surface area (Å²) in [6, 6.07) is 10.5. The van der Waals surface area contributed by atoms with Crippen LogP contribution in [-0.4, -0.2) is 16.3 Å². The minimum absolute atomic E-state index is 0.170. The van der Waals surface area contributed by atoms with Crippen LogP contribution in [0.1, 0.15) is 24.2 Å². The van der Waals surface area contributed by atoms with Crippen molar-refractivity contribution >= 4 is 15.9 Å². The lowest BCUT2D eigenvalue weighted by atomic mass is 10.0. The maximum atomic E-state index is 4.24. The lowest BCUT2D eigenvalue weighted by Gasteiger charge is -2.20. The second kappa shape index (κ2) is 5.47. The summed E-state index contributed by atoms with van der Waals surface area (Å²) in [4.78, 5) is 0. The average Bonchev–Trinajstić information content (AvgIpc) is 2.74. The predicted octanol–water partition coefficient (Wildman–Crippen LogP) is 2.88. The van der Waals surface area contributed by atoms with E-state index in [1.807, 2.05) is 30.1 Å². The second-order valence-electron chi connectivity index (χ2n) is 3.89. The molecule has 2 rings (SSSR count). The normalized spacial score (nSPS) is 12.6. The highest BCUT2D eigenvalue weighted by molar-refractivity contribution is 9.10. The van der Waals surface area contributed by atoms with E-state index in [9.17, 15) is 0 Å². The number of hydrogen-bond acceptors (Lipinski definition) is 2. The Kier molecular flexibility index (Phi) is 3.97. The van der Waals surface area contributed by atoms with Crippen LogP contribution in [0.2, 0.25) is 0 Å². The average molecular weight is 294 g/mol. The summed E-state index contributed by atoms with van der Waals surface area (Å²) in [5.41, 5.74) is 2.40. The molecule has 0 fully saturated rings. The van der Waals surface area contributed by atoms with Gasteiger partial charge in [0, 0.05) is 17.7 Å². The quantitative estimate of drug-likeness (QED) is 0.939. The SMILES string of the molecule is CCNC(c1ccccc1Br)c1ccnn1C. The van der Waals surface area contributed by atoms with E-state index in [0.29, 0.717) is 0 Å². The van der Waals surface area contributed by atoms with Crippen molar-refractivity contribution < 1.29 is 0 Å². The molecule has 1 aromatic carbocycles. The number of nitrogens with zero attached hydrogens (tertiary/aromatic N) is 2.